The summed E-state index contributed by atoms with van der Waals surface area (Å²) in [4.78, 5) is 25.1. The highest BCUT2D eigenvalue weighted by Crippen LogP contribution is 2.36. The summed E-state index contributed by atoms with van der Waals surface area (Å²) in [6.07, 6.45) is 5.67. The second kappa shape index (κ2) is 8.36. The Bertz CT molecular complexity index is 920. The van der Waals surface area contributed by atoms with Gasteiger partial charge in [0.05, 0.1) is 24.7 Å². The molecule has 1 atom stereocenters. The topological polar surface area (TPSA) is 93.8 Å². The lowest BCUT2D eigenvalue weighted by Gasteiger charge is -2.43. The molecule has 158 valence electrons. The number of piperidine rings is 1. The van der Waals surface area contributed by atoms with Crippen molar-refractivity contribution in [2.75, 3.05) is 32.9 Å². The van der Waals surface area contributed by atoms with E-state index in [0.717, 1.165) is 6.21 Å². The van der Waals surface area contributed by atoms with E-state index in [1.165, 1.54) is 12.4 Å². The van der Waals surface area contributed by atoms with E-state index < -0.39 is 24.2 Å². The Hall–Kier alpha value is -3.06. The molecule has 1 N–H and O–H groups in total. The predicted molar refractivity (Wildman–Crippen MR) is 104 cm³/mol. The first-order valence-electron chi connectivity index (χ1n) is 9.80. The number of hydrogen-bond donors (Lipinski definition) is 1. The van der Waals surface area contributed by atoms with Gasteiger partial charge in [0.1, 0.15) is 30.7 Å². The second-order valence-corrected chi connectivity index (χ2v) is 7.66. The van der Waals surface area contributed by atoms with Crippen molar-refractivity contribution in [1.82, 2.24) is 20.1 Å². The van der Waals surface area contributed by atoms with E-state index in [0.29, 0.717) is 49.4 Å². The Morgan fingerprint density at radius 2 is 2.17 bits per heavy atom. The Balaban J connectivity index is 1.46. The second-order valence-electron chi connectivity index (χ2n) is 7.66. The van der Waals surface area contributed by atoms with Crippen LogP contribution in [0.2, 0.25) is 0 Å². The minimum atomic E-state index is -1.11. The van der Waals surface area contributed by atoms with Gasteiger partial charge in [-0.15, -0.1) is 0 Å². The molecule has 1 saturated heterocycles. The number of aromatic nitrogens is 1. The van der Waals surface area contributed by atoms with Gasteiger partial charge < -0.3 is 15.0 Å². The number of carbonyl (C=O) groups is 1. The van der Waals surface area contributed by atoms with Crippen LogP contribution >= 0.6 is 0 Å². The number of halogens is 2. The zero-order valence-electron chi connectivity index (χ0n) is 16.4. The Morgan fingerprint density at radius 3 is 2.83 bits per heavy atom. The largest absolute Gasteiger partial charge is 0.490 e. The van der Waals surface area contributed by atoms with Crippen LogP contribution in [0.1, 0.15) is 24.0 Å². The monoisotopic (exact) mass is 416 g/mol. The maximum atomic E-state index is 14.2. The molecule has 1 amide bonds. The number of ether oxygens (including phenoxy) is 1. The van der Waals surface area contributed by atoms with E-state index in [1.54, 1.807) is 11.1 Å². The number of nitrogens with zero attached hydrogens (tertiary/aromatic N) is 5. The van der Waals surface area contributed by atoms with Gasteiger partial charge in [0.15, 0.2) is 12.1 Å². The van der Waals surface area contributed by atoms with Gasteiger partial charge in [-0.25, -0.2) is 8.78 Å². The molecule has 8 nitrogen and oxygen atoms in total. The van der Waals surface area contributed by atoms with Gasteiger partial charge in [0.2, 0.25) is 5.91 Å². The zero-order chi connectivity index (χ0) is 21.1. The summed E-state index contributed by atoms with van der Waals surface area (Å²) in [5.41, 5.74) is -0.150. The first-order valence-corrected chi connectivity index (χ1v) is 9.80. The maximum Gasteiger partial charge on any atom is 0.231 e. The number of aliphatic imine (C=N–C) groups is 1. The quantitative estimate of drug-likeness (QED) is 0.803. The highest BCUT2D eigenvalue weighted by atomic mass is 19.1. The number of nitrogens with one attached hydrogen (secondary N) is 1. The molecule has 3 aliphatic heterocycles. The van der Waals surface area contributed by atoms with Crippen molar-refractivity contribution in [1.29, 1.82) is 5.26 Å². The Kier molecular flexibility index (Phi) is 5.63. The van der Waals surface area contributed by atoms with Crippen molar-refractivity contribution in [3.63, 3.8) is 0 Å². The highest BCUT2D eigenvalue weighted by molar-refractivity contribution is 5.83. The number of rotatable bonds is 3. The molecule has 0 radical (unpaired) electrons. The summed E-state index contributed by atoms with van der Waals surface area (Å²) in [6, 6.07) is 2.05. The first-order chi connectivity index (χ1) is 14.6. The number of pyridine rings is 1. The van der Waals surface area contributed by atoms with E-state index >= 15 is 0 Å². The molecule has 1 fully saturated rings. The standard InChI is InChI=1S/C20H22F2N6O2/c21-13-20(1-3-27(4-2-20)19-25-10-16(22)11-26-19)18(29)28-5-6-30-17-14(7-23)8-24-9-15(17)12-28/h8-11,19,25H,1-6,12-13H2. The van der Waals surface area contributed by atoms with Crippen molar-refractivity contribution in [2.45, 2.75) is 25.7 Å². The minimum Gasteiger partial charge on any atom is -0.490 e. The first kappa shape index (κ1) is 20.2. The number of nitriles is 1. The van der Waals surface area contributed by atoms with Gasteiger partial charge in [-0.3, -0.25) is 19.7 Å². The van der Waals surface area contributed by atoms with Gasteiger partial charge in [-0.05, 0) is 12.8 Å². The zero-order valence-corrected chi connectivity index (χ0v) is 16.4. The lowest BCUT2D eigenvalue weighted by atomic mass is 9.78. The molecule has 1 aromatic heterocycles. The molecule has 0 aliphatic carbocycles. The number of amides is 1. The normalized spacial score (nSPS) is 23.3. The summed E-state index contributed by atoms with van der Waals surface area (Å²) in [6.45, 7) is 0.923. The third-order valence-electron chi connectivity index (χ3n) is 5.87. The fourth-order valence-corrected chi connectivity index (χ4v) is 4.08. The number of alkyl halides is 1. The maximum absolute atomic E-state index is 14.2. The number of carbonyl (C=O) groups excluding carboxylic acids is 1. The van der Waals surface area contributed by atoms with Crippen LogP contribution in [0, 0.1) is 16.7 Å². The fraction of sp³-hybridized carbons (Fsp3) is 0.500. The molecule has 1 aromatic rings. The number of hydrogen-bond acceptors (Lipinski definition) is 7. The molecular weight excluding hydrogens is 394 g/mol. The Morgan fingerprint density at radius 1 is 1.37 bits per heavy atom. The molecule has 4 heterocycles. The lowest BCUT2D eigenvalue weighted by Crippen LogP contribution is -2.55. The van der Waals surface area contributed by atoms with Gasteiger partial charge in [-0.1, -0.05) is 0 Å². The molecule has 10 heteroatoms. The summed E-state index contributed by atoms with van der Waals surface area (Å²) in [7, 11) is 0. The van der Waals surface area contributed by atoms with Crippen LogP contribution in [-0.2, 0) is 11.3 Å². The number of likely N-dealkylation sites (tertiary alicyclic amines) is 1. The number of allylic oxidation sites excluding steroid dienone is 1. The van der Waals surface area contributed by atoms with Gasteiger partial charge in [0.25, 0.3) is 0 Å². The van der Waals surface area contributed by atoms with Crippen LogP contribution < -0.4 is 10.1 Å². The van der Waals surface area contributed by atoms with E-state index in [-0.39, 0.29) is 19.1 Å². The Labute approximate surface area is 172 Å². The molecule has 0 bridgehead atoms. The van der Waals surface area contributed by atoms with Gasteiger partial charge >= 0.3 is 0 Å². The van der Waals surface area contributed by atoms with E-state index in [2.05, 4.69) is 15.3 Å². The highest BCUT2D eigenvalue weighted by Gasteiger charge is 2.45. The molecule has 3 aliphatic rings. The van der Waals surface area contributed by atoms with Crippen LogP contribution in [0.15, 0.2) is 29.4 Å². The third kappa shape index (κ3) is 3.73. The van der Waals surface area contributed by atoms with Crippen molar-refractivity contribution in [3.8, 4) is 11.8 Å². The third-order valence-corrected chi connectivity index (χ3v) is 5.87. The SMILES string of the molecule is N#Cc1cncc2c1OCCN(C(=O)C1(CF)CCN(C3N=CC(F)=CN3)CC1)C2. The lowest BCUT2D eigenvalue weighted by molar-refractivity contribution is -0.147. The van der Waals surface area contributed by atoms with Crippen LogP contribution in [0.25, 0.3) is 0 Å². The molecule has 0 saturated carbocycles. The van der Waals surface area contributed by atoms with Crippen molar-refractivity contribution in [2.24, 2.45) is 10.4 Å². The van der Waals surface area contributed by atoms with E-state index in [4.69, 9.17) is 4.74 Å². The van der Waals surface area contributed by atoms with Crippen LogP contribution in [-0.4, -0.2) is 66.1 Å². The summed E-state index contributed by atoms with van der Waals surface area (Å²) >= 11 is 0. The van der Waals surface area contributed by atoms with Crippen molar-refractivity contribution in [3.05, 3.63) is 35.5 Å². The van der Waals surface area contributed by atoms with E-state index in [1.807, 2.05) is 11.0 Å². The van der Waals surface area contributed by atoms with Gasteiger partial charge in [-0.2, -0.15) is 5.26 Å². The van der Waals surface area contributed by atoms with Crippen molar-refractivity contribution < 1.29 is 18.3 Å². The summed E-state index contributed by atoms with van der Waals surface area (Å²) in [5, 5.41) is 12.1. The molecule has 0 aromatic carbocycles. The van der Waals surface area contributed by atoms with Crippen LogP contribution in [0.4, 0.5) is 8.78 Å². The van der Waals surface area contributed by atoms with E-state index in [9.17, 15) is 18.8 Å². The summed E-state index contributed by atoms with van der Waals surface area (Å²) < 4.78 is 33.0. The molecule has 4 rings (SSSR count). The smallest absolute Gasteiger partial charge is 0.231 e. The fourth-order valence-electron chi connectivity index (χ4n) is 4.08. The average Bonchev–Trinajstić information content (AvgIpc) is 3.01. The van der Waals surface area contributed by atoms with Gasteiger partial charge in [0, 0.05) is 37.2 Å². The molecular formula is C20H22F2N6O2. The van der Waals surface area contributed by atoms with Crippen LogP contribution in [0.5, 0.6) is 5.75 Å². The van der Waals surface area contributed by atoms with Crippen molar-refractivity contribution >= 4 is 12.1 Å². The average molecular weight is 416 g/mol. The minimum absolute atomic E-state index is 0.223. The molecule has 1 unspecified atom stereocenters. The predicted octanol–water partition coefficient (Wildman–Crippen LogP) is 1.49. The summed E-state index contributed by atoms with van der Waals surface area (Å²) in [5.74, 6) is -0.266. The molecule has 0 spiro atoms. The molecule has 30 heavy (non-hydrogen) atoms. The number of fused-ring (bicyclic) bond motifs is 1. The van der Waals surface area contributed by atoms with Crippen LogP contribution in [0.3, 0.4) is 0 Å².